The molecule has 2 N–H and O–H groups in total. The van der Waals surface area contributed by atoms with Gasteiger partial charge in [0.05, 0.1) is 24.4 Å². The van der Waals surface area contributed by atoms with Crippen molar-refractivity contribution in [1.29, 1.82) is 0 Å². The van der Waals surface area contributed by atoms with Gasteiger partial charge in [0.1, 0.15) is 12.4 Å². The summed E-state index contributed by atoms with van der Waals surface area (Å²) in [5, 5.41) is 18.9. The highest BCUT2D eigenvalue weighted by molar-refractivity contribution is 5.31. The van der Waals surface area contributed by atoms with Crippen LogP contribution < -0.4 is 15.0 Å². The van der Waals surface area contributed by atoms with E-state index in [4.69, 9.17) is 4.74 Å². The number of piperidine rings is 1. The van der Waals surface area contributed by atoms with E-state index in [9.17, 15) is 5.11 Å². The van der Waals surface area contributed by atoms with E-state index in [0.29, 0.717) is 32.2 Å². The quantitative estimate of drug-likeness (QED) is 0.533. The normalized spacial score (nSPS) is 18.7. The molecule has 32 heavy (non-hydrogen) atoms. The van der Waals surface area contributed by atoms with Crippen molar-refractivity contribution in [2.24, 2.45) is 0 Å². The minimum atomic E-state index is -0.788. The first-order valence-electron chi connectivity index (χ1n) is 11.2. The minimum Gasteiger partial charge on any atom is -0.492 e. The molecular formula is C24H32N6O2. The molecule has 0 bridgehead atoms. The predicted molar refractivity (Wildman–Crippen MR) is 124 cm³/mol. The molecule has 3 heterocycles. The number of hydrogen-bond donors (Lipinski definition) is 2. The van der Waals surface area contributed by atoms with Crippen molar-refractivity contribution in [1.82, 2.24) is 25.1 Å². The number of hydrogen-bond acceptors (Lipinski definition) is 7. The molecule has 0 unspecified atom stereocenters. The van der Waals surface area contributed by atoms with E-state index in [-0.39, 0.29) is 0 Å². The number of benzene rings is 1. The van der Waals surface area contributed by atoms with Crippen LogP contribution in [0.5, 0.6) is 5.75 Å². The summed E-state index contributed by atoms with van der Waals surface area (Å²) in [7, 11) is 0. The Morgan fingerprint density at radius 3 is 2.66 bits per heavy atom. The number of aliphatic hydroxyl groups is 1. The summed E-state index contributed by atoms with van der Waals surface area (Å²) in [6.07, 6.45) is 5.16. The summed E-state index contributed by atoms with van der Waals surface area (Å²) in [6, 6.07) is 12.0. The maximum atomic E-state index is 11.1. The third-order valence-electron chi connectivity index (χ3n) is 5.77. The zero-order chi connectivity index (χ0) is 22.4. The van der Waals surface area contributed by atoms with E-state index in [1.54, 1.807) is 18.5 Å². The van der Waals surface area contributed by atoms with Crippen LogP contribution in [0.1, 0.15) is 29.8 Å². The molecule has 0 saturated carbocycles. The van der Waals surface area contributed by atoms with Gasteiger partial charge in [-0.2, -0.15) is 5.10 Å². The Labute approximate surface area is 189 Å². The van der Waals surface area contributed by atoms with Gasteiger partial charge in [-0.15, -0.1) is 0 Å². The number of nitrogens with zero attached hydrogens (tertiary/aromatic N) is 5. The van der Waals surface area contributed by atoms with Crippen LogP contribution in [0.15, 0.2) is 48.8 Å². The van der Waals surface area contributed by atoms with Crippen LogP contribution in [-0.2, 0) is 13.1 Å². The number of aryl methyl sites for hydroxylation is 2. The third kappa shape index (κ3) is 5.83. The van der Waals surface area contributed by atoms with E-state index in [0.717, 1.165) is 48.6 Å². The van der Waals surface area contributed by atoms with E-state index in [2.05, 4.69) is 50.4 Å². The molecule has 170 valence electrons. The largest absolute Gasteiger partial charge is 0.492 e. The maximum absolute atomic E-state index is 11.1. The molecule has 4 rings (SSSR count). The molecule has 3 aromatic rings. The molecule has 0 amide bonds. The van der Waals surface area contributed by atoms with Crippen molar-refractivity contribution >= 4 is 5.95 Å². The molecule has 1 atom stereocenters. The Morgan fingerprint density at radius 1 is 1.16 bits per heavy atom. The van der Waals surface area contributed by atoms with E-state index < -0.39 is 5.60 Å². The molecule has 8 nitrogen and oxygen atoms in total. The van der Waals surface area contributed by atoms with Gasteiger partial charge in [0.15, 0.2) is 0 Å². The van der Waals surface area contributed by atoms with Crippen molar-refractivity contribution in [3.8, 4) is 5.75 Å². The van der Waals surface area contributed by atoms with E-state index in [1.807, 2.05) is 23.7 Å². The monoisotopic (exact) mass is 436 g/mol. The first kappa shape index (κ1) is 22.2. The molecule has 1 aromatic carbocycles. The van der Waals surface area contributed by atoms with Gasteiger partial charge in [-0.05, 0) is 56.5 Å². The number of aromatic nitrogens is 4. The fraction of sp³-hybridized carbons (Fsp3) is 0.458. The average Bonchev–Trinajstić information content (AvgIpc) is 3.12. The second-order valence-corrected chi connectivity index (χ2v) is 8.54. The van der Waals surface area contributed by atoms with Crippen LogP contribution in [0.25, 0.3) is 0 Å². The zero-order valence-electron chi connectivity index (χ0n) is 18.9. The van der Waals surface area contributed by atoms with E-state index in [1.165, 1.54) is 0 Å². The average molecular weight is 437 g/mol. The molecular weight excluding hydrogens is 404 g/mol. The van der Waals surface area contributed by atoms with Crippen molar-refractivity contribution in [2.45, 2.75) is 45.4 Å². The first-order valence-corrected chi connectivity index (χ1v) is 11.2. The van der Waals surface area contributed by atoms with Crippen LogP contribution in [-0.4, -0.2) is 56.7 Å². The Kier molecular flexibility index (Phi) is 7.02. The summed E-state index contributed by atoms with van der Waals surface area (Å²) in [6.45, 7) is 7.98. The van der Waals surface area contributed by atoms with Crippen LogP contribution >= 0.6 is 0 Å². The van der Waals surface area contributed by atoms with Crippen molar-refractivity contribution in [3.05, 3.63) is 65.7 Å². The molecule has 0 radical (unpaired) electrons. The van der Waals surface area contributed by atoms with Crippen molar-refractivity contribution < 1.29 is 9.84 Å². The molecule has 0 aliphatic carbocycles. The van der Waals surface area contributed by atoms with Crippen molar-refractivity contribution in [2.75, 3.05) is 31.1 Å². The van der Waals surface area contributed by atoms with Gasteiger partial charge in [-0.25, -0.2) is 9.97 Å². The van der Waals surface area contributed by atoms with E-state index >= 15 is 0 Å². The number of β-amino-alcohol motifs (C(OH)–C–C–N with tert-alkyl or cyclic N) is 1. The number of anilines is 1. The Balaban J connectivity index is 1.21. The predicted octanol–water partition coefficient (Wildman–Crippen LogP) is 2.49. The van der Waals surface area contributed by atoms with Gasteiger partial charge in [0.2, 0.25) is 5.95 Å². The number of rotatable bonds is 9. The van der Waals surface area contributed by atoms with Gasteiger partial charge < -0.3 is 20.1 Å². The van der Waals surface area contributed by atoms with Crippen LogP contribution in [0, 0.1) is 13.8 Å². The summed E-state index contributed by atoms with van der Waals surface area (Å²) in [4.78, 5) is 10.7. The molecule has 8 heteroatoms. The fourth-order valence-corrected chi connectivity index (χ4v) is 4.18. The number of nitrogens with one attached hydrogen (secondary N) is 1. The standard InChI is InChI=1S/C24H32N6O2/c1-19-15-20(2)30(28-19)13-14-32-22-7-5-21(6-8-22)16-25-17-24(31)9-3-12-29(18-24)23-26-10-4-11-27-23/h4-8,10-11,15,25,31H,3,9,12-14,16-18H2,1-2H3/t24-/m0/s1. The highest BCUT2D eigenvalue weighted by Gasteiger charge is 2.33. The topological polar surface area (TPSA) is 88.3 Å². The number of ether oxygens (including phenoxy) is 1. The lowest BCUT2D eigenvalue weighted by Crippen LogP contribution is -2.53. The highest BCUT2D eigenvalue weighted by atomic mass is 16.5. The summed E-state index contributed by atoms with van der Waals surface area (Å²) in [5.41, 5.74) is 2.53. The van der Waals surface area contributed by atoms with Crippen LogP contribution in [0.3, 0.4) is 0 Å². The zero-order valence-corrected chi connectivity index (χ0v) is 18.9. The smallest absolute Gasteiger partial charge is 0.225 e. The molecule has 2 aromatic heterocycles. The molecule has 1 fully saturated rings. The lowest BCUT2D eigenvalue weighted by Gasteiger charge is -2.39. The second-order valence-electron chi connectivity index (χ2n) is 8.54. The summed E-state index contributed by atoms with van der Waals surface area (Å²) >= 11 is 0. The van der Waals surface area contributed by atoms with Gasteiger partial charge >= 0.3 is 0 Å². The van der Waals surface area contributed by atoms with Crippen LogP contribution in [0.2, 0.25) is 0 Å². The van der Waals surface area contributed by atoms with Crippen LogP contribution in [0.4, 0.5) is 5.95 Å². The maximum Gasteiger partial charge on any atom is 0.225 e. The lowest BCUT2D eigenvalue weighted by molar-refractivity contribution is 0.0256. The Hall–Kier alpha value is -2.97. The minimum absolute atomic E-state index is 0.525. The lowest BCUT2D eigenvalue weighted by atomic mass is 9.93. The first-order chi connectivity index (χ1) is 15.5. The summed E-state index contributed by atoms with van der Waals surface area (Å²) in [5.74, 6) is 1.53. The fourth-order valence-electron chi connectivity index (χ4n) is 4.18. The molecule has 1 aliphatic heterocycles. The van der Waals surface area contributed by atoms with Gasteiger partial charge in [-0.1, -0.05) is 12.1 Å². The van der Waals surface area contributed by atoms with Gasteiger partial charge in [0, 0.05) is 37.7 Å². The molecule has 1 saturated heterocycles. The molecule has 1 aliphatic rings. The third-order valence-corrected chi connectivity index (χ3v) is 5.77. The Morgan fingerprint density at radius 2 is 1.94 bits per heavy atom. The Bertz CT molecular complexity index is 991. The second kappa shape index (κ2) is 10.1. The highest BCUT2D eigenvalue weighted by Crippen LogP contribution is 2.23. The van der Waals surface area contributed by atoms with Crippen molar-refractivity contribution in [3.63, 3.8) is 0 Å². The van der Waals surface area contributed by atoms with Gasteiger partial charge in [0.25, 0.3) is 0 Å². The molecule has 0 spiro atoms. The van der Waals surface area contributed by atoms with Gasteiger partial charge in [-0.3, -0.25) is 4.68 Å². The SMILES string of the molecule is Cc1cc(C)n(CCOc2ccc(CNC[C@@]3(O)CCCN(c4ncccn4)C3)cc2)n1. The summed E-state index contributed by atoms with van der Waals surface area (Å²) < 4.78 is 7.83.